The Morgan fingerprint density at radius 2 is 1.39 bits per heavy atom. The Bertz CT molecular complexity index is 965. The van der Waals surface area contributed by atoms with Gasteiger partial charge in [0.15, 0.2) is 0 Å². The van der Waals surface area contributed by atoms with Gasteiger partial charge in [-0.2, -0.15) is 0 Å². The number of aliphatic carboxylic acids is 1. The predicted octanol–water partition coefficient (Wildman–Crippen LogP) is -0.176. The quantitative estimate of drug-likeness (QED) is 0.256. The molecule has 10 nitrogen and oxygen atoms in total. The van der Waals surface area contributed by atoms with Crippen LogP contribution in [0.3, 0.4) is 0 Å². The second-order valence-electron chi connectivity index (χ2n) is 7.63. The Hall–Kier alpha value is -3.92. The molecule has 0 unspecified atom stereocenters. The van der Waals surface area contributed by atoms with Crippen LogP contribution in [0.4, 0.5) is 0 Å². The van der Waals surface area contributed by atoms with E-state index in [0.717, 1.165) is 5.56 Å². The number of carbonyl (C=O) groups is 4. The Morgan fingerprint density at radius 3 is 1.97 bits per heavy atom. The van der Waals surface area contributed by atoms with Gasteiger partial charge in [-0.1, -0.05) is 42.5 Å². The highest BCUT2D eigenvalue weighted by Gasteiger charge is 2.28. The van der Waals surface area contributed by atoms with E-state index in [2.05, 4.69) is 10.6 Å². The molecule has 0 saturated heterocycles. The van der Waals surface area contributed by atoms with Gasteiger partial charge in [0.1, 0.15) is 17.8 Å². The van der Waals surface area contributed by atoms with E-state index in [9.17, 15) is 29.4 Å². The minimum Gasteiger partial charge on any atom is -0.508 e. The van der Waals surface area contributed by atoms with E-state index in [-0.39, 0.29) is 31.4 Å². The van der Waals surface area contributed by atoms with E-state index in [0.29, 0.717) is 5.56 Å². The number of carbonyl (C=O) groups excluding carboxylic acids is 3. The topological polar surface area (TPSA) is 185 Å². The summed E-state index contributed by atoms with van der Waals surface area (Å²) in [4.78, 5) is 48.1. The lowest BCUT2D eigenvalue weighted by Crippen LogP contribution is -2.55. The average molecular weight is 456 g/mol. The zero-order valence-corrected chi connectivity index (χ0v) is 17.9. The molecule has 10 heteroatoms. The standard InChI is InChI=1S/C23H28N4O6/c24-17(12-14-4-2-1-3-5-14)21(30)27-19(13-15-6-8-16(28)9-7-15)22(31)26-18(23(32)33)10-11-20(25)29/h1-9,17-19,28H,10-13,24H2,(H2,25,29)(H,26,31)(H,27,30)(H,32,33)/t17-,18-,19-/m0/s1. The Balaban J connectivity index is 2.14. The molecule has 176 valence electrons. The molecular formula is C23H28N4O6. The van der Waals surface area contributed by atoms with Crippen LogP contribution >= 0.6 is 0 Å². The Kier molecular flexibility index (Phi) is 9.37. The predicted molar refractivity (Wildman–Crippen MR) is 120 cm³/mol. The van der Waals surface area contributed by atoms with Gasteiger partial charge in [-0.15, -0.1) is 0 Å². The zero-order valence-electron chi connectivity index (χ0n) is 17.9. The van der Waals surface area contributed by atoms with E-state index in [1.54, 1.807) is 12.1 Å². The largest absolute Gasteiger partial charge is 0.508 e. The summed E-state index contributed by atoms with van der Waals surface area (Å²) in [5.74, 6) is -3.33. The Morgan fingerprint density at radius 1 is 0.818 bits per heavy atom. The number of hydrogen-bond acceptors (Lipinski definition) is 6. The number of amides is 3. The molecule has 0 bridgehead atoms. The van der Waals surface area contributed by atoms with Crippen LogP contribution in [0.25, 0.3) is 0 Å². The van der Waals surface area contributed by atoms with Crippen LogP contribution in [-0.4, -0.2) is 52.0 Å². The van der Waals surface area contributed by atoms with Gasteiger partial charge in [-0.3, -0.25) is 14.4 Å². The van der Waals surface area contributed by atoms with Crippen molar-refractivity contribution in [3.63, 3.8) is 0 Å². The van der Waals surface area contributed by atoms with Gasteiger partial charge in [0.25, 0.3) is 0 Å². The summed E-state index contributed by atoms with van der Waals surface area (Å²) in [7, 11) is 0. The summed E-state index contributed by atoms with van der Waals surface area (Å²) < 4.78 is 0. The van der Waals surface area contributed by atoms with Crippen molar-refractivity contribution < 1.29 is 29.4 Å². The first-order valence-corrected chi connectivity index (χ1v) is 10.3. The fourth-order valence-electron chi connectivity index (χ4n) is 3.13. The molecule has 0 radical (unpaired) electrons. The van der Waals surface area contributed by atoms with Crippen molar-refractivity contribution in [2.24, 2.45) is 11.5 Å². The van der Waals surface area contributed by atoms with Crippen LogP contribution < -0.4 is 22.1 Å². The van der Waals surface area contributed by atoms with Gasteiger partial charge in [0.05, 0.1) is 6.04 Å². The van der Waals surface area contributed by atoms with E-state index >= 15 is 0 Å². The fraction of sp³-hybridized carbons (Fsp3) is 0.304. The fourth-order valence-corrected chi connectivity index (χ4v) is 3.13. The molecule has 0 aliphatic heterocycles. The second kappa shape index (κ2) is 12.2. The van der Waals surface area contributed by atoms with Crippen molar-refractivity contribution in [3.8, 4) is 5.75 Å². The molecule has 0 spiro atoms. The molecule has 0 fully saturated rings. The minimum absolute atomic E-state index is 0.0259. The molecule has 0 heterocycles. The van der Waals surface area contributed by atoms with Gasteiger partial charge in [-0.25, -0.2) is 4.79 Å². The Labute approximate surface area is 191 Å². The summed E-state index contributed by atoms with van der Waals surface area (Å²) in [6, 6.07) is 11.7. The maximum Gasteiger partial charge on any atom is 0.326 e. The maximum absolute atomic E-state index is 12.9. The number of primary amides is 1. The third-order valence-corrected chi connectivity index (χ3v) is 4.94. The lowest BCUT2D eigenvalue weighted by atomic mass is 10.0. The highest BCUT2D eigenvalue weighted by atomic mass is 16.4. The smallest absolute Gasteiger partial charge is 0.326 e. The lowest BCUT2D eigenvalue weighted by Gasteiger charge is -2.23. The minimum atomic E-state index is -1.36. The molecule has 0 aliphatic rings. The van der Waals surface area contributed by atoms with Gasteiger partial charge in [-0.05, 0) is 36.1 Å². The van der Waals surface area contributed by atoms with E-state index in [4.69, 9.17) is 11.5 Å². The highest BCUT2D eigenvalue weighted by molar-refractivity contribution is 5.92. The molecule has 3 amide bonds. The van der Waals surface area contributed by atoms with Crippen molar-refractivity contribution in [1.82, 2.24) is 10.6 Å². The number of nitrogens with two attached hydrogens (primary N) is 2. The molecule has 0 saturated carbocycles. The highest BCUT2D eigenvalue weighted by Crippen LogP contribution is 2.12. The number of benzene rings is 2. The molecule has 2 rings (SSSR count). The van der Waals surface area contributed by atoms with Crippen LogP contribution in [0.2, 0.25) is 0 Å². The number of carboxylic acids is 1. The van der Waals surface area contributed by atoms with E-state index in [1.807, 2.05) is 30.3 Å². The van der Waals surface area contributed by atoms with Crippen LogP contribution in [0.1, 0.15) is 24.0 Å². The normalized spacial score (nSPS) is 13.4. The van der Waals surface area contributed by atoms with Crippen LogP contribution in [0.15, 0.2) is 54.6 Å². The number of nitrogens with one attached hydrogen (secondary N) is 2. The molecule has 2 aromatic carbocycles. The maximum atomic E-state index is 12.9. The summed E-state index contributed by atoms with van der Waals surface area (Å²) in [5.41, 5.74) is 12.6. The number of hydrogen-bond donors (Lipinski definition) is 6. The first kappa shape index (κ1) is 25.3. The monoisotopic (exact) mass is 456 g/mol. The van der Waals surface area contributed by atoms with E-state index in [1.165, 1.54) is 12.1 Å². The third kappa shape index (κ3) is 8.62. The van der Waals surface area contributed by atoms with Gasteiger partial charge < -0.3 is 32.3 Å². The SMILES string of the molecule is NC(=O)CC[C@H](NC(=O)[C@H](Cc1ccc(O)cc1)NC(=O)[C@@H](N)Cc1ccccc1)C(=O)O. The number of phenolic OH excluding ortho intramolecular Hbond substituents is 1. The van der Waals surface area contributed by atoms with E-state index < -0.39 is 41.8 Å². The molecule has 3 atom stereocenters. The molecule has 33 heavy (non-hydrogen) atoms. The van der Waals surface area contributed by atoms with Crippen molar-refractivity contribution in [2.45, 2.75) is 43.8 Å². The van der Waals surface area contributed by atoms with Crippen molar-refractivity contribution >= 4 is 23.7 Å². The number of aromatic hydroxyl groups is 1. The third-order valence-electron chi connectivity index (χ3n) is 4.94. The second-order valence-corrected chi connectivity index (χ2v) is 7.63. The van der Waals surface area contributed by atoms with Crippen molar-refractivity contribution in [3.05, 3.63) is 65.7 Å². The molecular weight excluding hydrogens is 428 g/mol. The molecule has 0 aliphatic carbocycles. The summed E-state index contributed by atoms with van der Waals surface area (Å²) >= 11 is 0. The molecule has 8 N–H and O–H groups in total. The van der Waals surface area contributed by atoms with Crippen molar-refractivity contribution in [2.75, 3.05) is 0 Å². The van der Waals surface area contributed by atoms with Gasteiger partial charge >= 0.3 is 5.97 Å². The lowest BCUT2D eigenvalue weighted by molar-refractivity contribution is -0.142. The molecule has 2 aromatic rings. The van der Waals surface area contributed by atoms with Crippen LogP contribution in [0.5, 0.6) is 5.75 Å². The first-order valence-electron chi connectivity index (χ1n) is 10.3. The number of phenols is 1. The number of rotatable bonds is 12. The van der Waals surface area contributed by atoms with Gasteiger partial charge in [0.2, 0.25) is 17.7 Å². The summed E-state index contributed by atoms with van der Waals surface area (Å²) in [6.45, 7) is 0. The summed E-state index contributed by atoms with van der Waals surface area (Å²) in [5, 5.41) is 23.8. The zero-order chi connectivity index (χ0) is 24.4. The van der Waals surface area contributed by atoms with Crippen molar-refractivity contribution in [1.29, 1.82) is 0 Å². The number of carboxylic acid groups (broad SMARTS) is 1. The average Bonchev–Trinajstić information content (AvgIpc) is 2.77. The van der Waals surface area contributed by atoms with Crippen LogP contribution in [-0.2, 0) is 32.0 Å². The van der Waals surface area contributed by atoms with Gasteiger partial charge in [0, 0.05) is 12.8 Å². The van der Waals surface area contributed by atoms with Crippen LogP contribution in [0, 0.1) is 0 Å². The summed E-state index contributed by atoms with van der Waals surface area (Å²) in [6.07, 6.45) is -0.146. The molecule has 0 aromatic heterocycles. The first-order chi connectivity index (χ1) is 15.7.